The van der Waals surface area contributed by atoms with E-state index in [0.717, 1.165) is 146 Å². The Labute approximate surface area is 571 Å². The number of nitrogens with zero attached hydrogens (tertiary/aromatic N) is 5. The number of aromatic amines is 1. The van der Waals surface area contributed by atoms with Crippen LogP contribution in [0.1, 0.15) is 192 Å². The fourth-order valence-corrected chi connectivity index (χ4v) is 12.6. The number of aliphatic imine (C=N–C) groups is 4. The first-order valence-electron chi connectivity index (χ1n) is 35.7. The number of hydrogen-bond donors (Lipinski definition) is 3. The molecule has 9 aromatic rings. The lowest BCUT2D eigenvalue weighted by Crippen LogP contribution is -2.26. The second-order valence-electron chi connectivity index (χ2n) is 24.9. The van der Waals surface area contributed by atoms with Crippen molar-refractivity contribution in [3.8, 4) is 46.0 Å². The molecule has 2 aliphatic heterocycles. The summed E-state index contributed by atoms with van der Waals surface area (Å²) in [4.78, 5) is 28.3. The molecule has 0 fully saturated rings. The van der Waals surface area contributed by atoms with Crippen LogP contribution < -0.4 is 37.9 Å². The first-order valence-corrected chi connectivity index (χ1v) is 35.7. The Morgan fingerprint density at radius 3 is 1.10 bits per heavy atom. The molecule has 16 nitrogen and oxygen atoms in total. The average molecular weight is 1310 g/mol. The number of amidine groups is 4. The zero-order valence-electron chi connectivity index (χ0n) is 58.4. The van der Waals surface area contributed by atoms with Crippen molar-refractivity contribution in [2.75, 3.05) is 59.9 Å². The van der Waals surface area contributed by atoms with E-state index in [1.54, 1.807) is 6.21 Å². The van der Waals surface area contributed by atoms with Crippen molar-refractivity contribution in [3.05, 3.63) is 130 Å². The van der Waals surface area contributed by atoms with Gasteiger partial charge in [0.1, 0.15) is 69.3 Å². The molecule has 3 N–H and O–H groups in total. The molecular weight excluding hydrogens is 1210 g/mol. The number of nitrogens with one attached hydrogen (secondary N) is 3. The quantitative estimate of drug-likeness (QED) is 0.0253. The molecule has 0 atom stereocenters. The highest BCUT2D eigenvalue weighted by molar-refractivity contribution is 6.35. The van der Waals surface area contributed by atoms with Crippen LogP contribution in [0.15, 0.2) is 117 Å². The Morgan fingerprint density at radius 2 is 0.711 bits per heavy atom. The second-order valence-corrected chi connectivity index (χ2v) is 24.9. The van der Waals surface area contributed by atoms with E-state index >= 15 is 0 Å². The van der Waals surface area contributed by atoms with Gasteiger partial charge in [-0.15, -0.1) is 0 Å². The molecule has 11 rings (SSSR count). The Morgan fingerprint density at radius 1 is 0.392 bits per heavy atom. The highest BCUT2D eigenvalue weighted by atomic mass is 16.5. The molecule has 0 unspecified atom stereocenters. The summed E-state index contributed by atoms with van der Waals surface area (Å²) in [5, 5.41) is 27.3. The summed E-state index contributed by atoms with van der Waals surface area (Å²) in [5.41, 5.74) is 3.64. The predicted octanol–water partition coefficient (Wildman–Crippen LogP) is 20.5. The molecule has 0 bridgehead atoms. The molecule has 0 spiro atoms. The Bertz CT molecular complexity index is 4450. The van der Waals surface area contributed by atoms with E-state index < -0.39 is 0 Å². The molecule has 0 saturated carbocycles. The molecule has 8 aromatic carbocycles. The average Bonchev–Trinajstić information content (AvgIpc) is 1.62. The van der Waals surface area contributed by atoms with Crippen LogP contribution in [0.3, 0.4) is 0 Å². The lowest BCUT2D eigenvalue weighted by molar-refractivity contribution is 0.305. The van der Waals surface area contributed by atoms with Crippen LogP contribution >= 0.6 is 0 Å². The molecule has 0 amide bonds. The minimum absolute atomic E-state index is 0.225. The molecule has 1 aromatic heterocycles. The van der Waals surface area contributed by atoms with E-state index in [9.17, 15) is 5.41 Å². The van der Waals surface area contributed by atoms with Crippen molar-refractivity contribution in [2.24, 2.45) is 20.0 Å². The van der Waals surface area contributed by atoms with Gasteiger partial charge in [0.05, 0.1) is 85.9 Å². The molecule has 3 heterocycles. The maximum atomic E-state index is 10.0. The SMILES string of the molecule is CCCCOc1c(C=N)c(/C=N/c2[nH]c(/N=C3N=C(/N=C4/c5c(c(OCCCC)c6ccccc6c5OCCCC)C(=N)N4C)c4c\3c(OCCCC)c3ccccc3c4OCCCC)c3c(OCCCC)c4ccccc4c(OCCCC)c23)c(OCCCC)c2ccccc12. The van der Waals surface area contributed by atoms with Gasteiger partial charge in [-0.05, 0) is 51.4 Å². The van der Waals surface area contributed by atoms with Crippen LogP contribution in [-0.2, 0) is 0 Å². The van der Waals surface area contributed by atoms with Crippen molar-refractivity contribution in [3.63, 3.8) is 0 Å². The van der Waals surface area contributed by atoms with Crippen LogP contribution in [0.4, 0.5) is 11.6 Å². The molecule has 0 radical (unpaired) electrons. The third kappa shape index (κ3) is 14.1. The van der Waals surface area contributed by atoms with Gasteiger partial charge in [0, 0.05) is 73.7 Å². The predicted molar refractivity (Wildman–Crippen MR) is 400 cm³/mol. The lowest BCUT2D eigenvalue weighted by atomic mass is 9.97. The smallest absolute Gasteiger partial charge is 0.168 e. The van der Waals surface area contributed by atoms with Gasteiger partial charge in [0.15, 0.2) is 11.7 Å². The molecule has 16 heteroatoms. The van der Waals surface area contributed by atoms with E-state index in [-0.39, 0.29) is 5.84 Å². The third-order valence-corrected chi connectivity index (χ3v) is 17.9. The number of rotatable bonds is 36. The molecule has 0 aliphatic carbocycles. The van der Waals surface area contributed by atoms with Gasteiger partial charge in [-0.2, -0.15) is 0 Å². The van der Waals surface area contributed by atoms with Crippen molar-refractivity contribution in [1.82, 2.24) is 9.88 Å². The van der Waals surface area contributed by atoms with Gasteiger partial charge in [-0.25, -0.2) is 20.0 Å². The van der Waals surface area contributed by atoms with Gasteiger partial charge in [-0.3, -0.25) is 5.41 Å². The third-order valence-electron chi connectivity index (χ3n) is 17.9. The van der Waals surface area contributed by atoms with Crippen LogP contribution in [0.25, 0.3) is 53.9 Å². The molecule has 2 aliphatic rings. The second kappa shape index (κ2) is 33.0. The number of benzene rings is 8. The largest absolute Gasteiger partial charge is 0.492 e. The maximum Gasteiger partial charge on any atom is 0.168 e. The topological polar surface area (TPSA) is 190 Å². The minimum Gasteiger partial charge on any atom is -0.492 e. The highest BCUT2D eigenvalue weighted by Crippen LogP contribution is 2.53. The summed E-state index contributed by atoms with van der Waals surface area (Å²) in [6.07, 6.45) is 17.1. The summed E-state index contributed by atoms with van der Waals surface area (Å²) in [7, 11) is 1.88. The number of H-pyrrole nitrogens is 1. The van der Waals surface area contributed by atoms with E-state index in [1.165, 1.54) is 6.21 Å². The van der Waals surface area contributed by atoms with E-state index in [1.807, 2.05) is 66.5 Å². The van der Waals surface area contributed by atoms with Crippen LogP contribution in [0, 0.1) is 10.8 Å². The molecule has 97 heavy (non-hydrogen) atoms. The van der Waals surface area contributed by atoms with Gasteiger partial charge >= 0.3 is 0 Å². The van der Waals surface area contributed by atoms with E-state index in [4.69, 9.17) is 63.3 Å². The number of unbranched alkanes of at least 4 members (excludes halogenated alkanes) is 8. The lowest BCUT2D eigenvalue weighted by Gasteiger charge is -2.20. The maximum absolute atomic E-state index is 10.0. The fraction of sp³-hybridized carbons (Fsp3) is 0.407. The zero-order chi connectivity index (χ0) is 67.8. The monoisotopic (exact) mass is 1310 g/mol. The van der Waals surface area contributed by atoms with Crippen molar-refractivity contribution >= 4 is 101 Å². The van der Waals surface area contributed by atoms with Crippen LogP contribution in [0.5, 0.6) is 46.0 Å². The van der Waals surface area contributed by atoms with Gasteiger partial charge in [0.25, 0.3) is 0 Å². The summed E-state index contributed by atoms with van der Waals surface area (Å²) in [6, 6.07) is 32.7. The van der Waals surface area contributed by atoms with Crippen LogP contribution in [0.2, 0.25) is 0 Å². The summed E-state index contributed by atoms with van der Waals surface area (Å²) in [6.45, 7) is 20.8. The Kier molecular flexibility index (Phi) is 23.5. The summed E-state index contributed by atoms with van der Waals surface area (Å²) >= 11 is 0. The van der Waals surface area contributed by atoms with Crippen molar-refractivity contribution in [2.45, 2.75) is 158 Å². The first-order chi connectivity index (χ1) is 47.7. The fourth-order valence-electron chi connectivity index (χ4n) is 12.6. The van der Waals surface area contributed by atoms with Crippen molar-refractivity contribution in [1.29, 1.82) is 10.8 Å². The summed E-state index contributed by atoms with van der Waals surface area (Å²) in [5.74, 6) is 7.08. The van der Waals surface area contributed by atoms with Gasteiger partial charge in [-0.1, -0.05) is 204 Å². The van der Waals surface area contributed by atoms with E-state index in [2.05, 4.69) is 103 Å². The number of hydrogen-bond acceptors (Lipinski definition) is 13. The first kappa shape index (κ1) is 68.9. The van der Waals surface area contributed by atoms with E-state index in [0.29, 0.717) is 172 Å². The number of ether oxygens (including phenoxy) is 8. The van der Waals surface area contributed by atoms with Gasteiger partial charge in [0.2, 0.25) is 0 Å². The molecule has 508 valence electrons. The summed E-state index contributed by atoms with van der Waals surface area (Å²) < 4.78 is 55.6. The van der Waals surface area contributed by atoms with Crippen LogP contribution in [-0.4, -0.2) is 106 Å². The standard InChI is InChI=1S/C81H96N8O8/c1-10-18-42-90-68-52-34-26-27-35-53(52)69(91-43-19-11-2)61(60(68)50-82)51-84-77-63-64(72(94-46-22-14-5)56-38-30-29-37-55(56)71(63)93-45-21-13-4)78(85-77)86-79-65-66(74(96-48-24-16-7)58-40-32-31-39-57(58)73(65)95-47-23-15-6)80(87-79)88-81-67-62(76(83)89(81)9)70(92-44-20-12-3)54-36-28-33-41-59(54)75(67)97-49-25-17-8/h26-41,50-51,82-83,85H,10-25,42-49H2,1-9H3/b82-50?,83-76?,84-51+,86-79-,88-81-. The van der Waals surface area contributed by atoms with Crippen molar-refractivity contribution < 1.29 is 37.9 Å². The highest BCUT2D eigenvalue weighted by Gasteiger charge is 2.41. The molecule has 0 saturated heterocycles. The minimum atomic E-state index is 0.225. The van der Waals surface area contributed by atoms with Gasteiger partial charge < -0.3 is 53.2 Å². The number of aromatic nitrogens is 1. The molecular formula is C81H96N8O8. The Balaban J connectivity index is 1.26. The Hall–Kier alpha value is -9.44. The number of fused-ring (bicyclic) bond motifs is 7. The zero-order valence-corrected chi connectivity index (χ0v) is 58.4. The normalized spacial score (nSPS) is 13.7.